The highest BCUT2D eigenvalue weighted by Gasteiger charge is 2.21. The van der Waals surface area contributed by atoms with Crippen LogP contribution in [0.4, 0.5) is 0 Å². The summed E-state index contributed by atoms with van der Waals surface area (Å²) in [5, 5.41) is 33.3. The molecule has 0 saturated carbocycles. The van der Waals surface area contributed by atoms with Crippen LogP contribution in [0.1, 0.15) is 239 Å². The van der Waals surface area contributed by atoms with Crippen LogP contribution in [0.15, 0.2) is 0 Å². The number of rotatable bonds is 39. The van der Waals surface area contributed by atoms with Gasteiger partial charge in [-0.05, 0) is 12.8 Å². The lowest BCUT2D eigenvalue weighted by molar-refractivity contribution is -0.125. The van der Waals surface area contributed by atoms with Crippen LogP contribution in [0.3, 0.4) is 0 Å². The molecule has 47 heavy (non-hydrogen) atoms. The minimum Gasteiger partial charge on any atom is -0.394 e. The van der Waals surface area contributed by atoms with Crippen LogP contribution >= 0.6 is 0 Å². The summed E-state index contributed by atoms with van der Waals surface area (Å²) in [5.41, 5.74) is 0. The lowest BCUT2D eigenvalue weighted by Crippen LogP contribution is -2.46. The Morgan fingerprint density at radius 1 is 0.447 bits per heavy atom. The van der Waals surface area contributed by atoms with Gasteiger partial charge in [0, 0.05) is 0 Å². The summed E-state index contributed by atoms with van der Waals surface area (Å²) in [5.74, 6) is -0.279. The summed E-state index contributed by atoms with van der Waals surface area (Å²) in [6.45, 7) is 4.27. The molecule has 3 unspecified atom stereocenters. The second kappa shape index (κ2) is 38.2. The number of nitrogens with one attached hydrogen (secondary N) is 1. The zero-order valence-electron chi connectivity index (χ0n) is 31.9. The number of hydrogen-bond acceptors (Lipinski definition) is 4. The molecule has 0 aliphatic carbocycles. The molecule has 0 aromatic carbocycles. The first-order chi connectivity index (χ1) is 23.0. The van der Waals surface area contributed by atoms with Crippen molar-refractivity contribution in [3.63, 3.8) is 0 Å². The first kappa shape index (κ1) is 46.4. The third kappa shape index (κ3) is 35.0. The quantitative estimate of drug-likeness (QED) is 0.0491. The molecule has 5 nitrogen and oxygen atoms in total. The molecule has 1 amide bonds. The van der Waals surface area contributed by atoms with Gasteiger partial charge < -0.3 is 20.6 Å². The Labute approximate surface area is 294 Å². The van der Waals surface area contributed by atoms with Crippen LogP contribution in [0.25, 0.3) is 0 Å². The highest BCUT2D eigenvalue weighted by molar-refractivity contribution is 5.76. The van der Waals surface area contributed by atoms with Gasteiger partial charge in [0.25, 0.3) is 0 Å². The van der Waals surface area contributed by atoms with Crippen LogP contribution in [0.2, 0.25) is 0 Å². The monoisotopic (exact) mass is 668 g/mol. The maximum absolute atomic E-state index is 12.4. The molecular formula is C42H85NO4. The summed E-state index contributed by atoms with van der Waals surface area (Å²) < 4.78 is 0. The SMILES string of the molecule is CCCCCCCCCCCCCCCCCCCCCC(O)C(CO)NC(=O)CC(O)CCCCCCCCCCCCCCC. The Kier molecular flexibility index (Phi) is 37.6. The van der Waals surface area contributed by atoms with E-state index in [9.17, 15) is 20.1 Å². The second-order valence-corrected chi connectivity index (χ2v) is 15.0. The number of amides is 1. The Bertz CT molecular complexity index is 615. The van der Waals surface area contributed by atoms with Gasteiger partial charge in [0.15, 0.2) is 0 Å². The summed E-state index contributed by atoms with van der Waals surface area (Å²) >= 11 is 0. The maximum Gasteiger partial charge on any atom is 0.222 e. The van der Waals surface area contributed by atoms with Crippen LogP contribution in [-0.4, -0.2) is 46.1 Å². The molecule has 0 aromatic heterocycles. The largest absolute Gasteiger partial charge is 0.394 e. The predicted molar refractivity (Wildman–Crippen MR) is 204 cm³/mol. The Balaban J connectivity index is 3.58. The van der Waals surface area contributed by atoms with E-state index in [4.69, 9.17) is 0 Å². The van der Waals surface area contributed by atoms with Crippen molar-refractivity contribution in [2.45, 2.75) is 257 Å². The minimum absolute atomic E-state index is 0.0424. The molecule has 0 saturated heterocycles. The molecular weight excluding hydrogens is 582 g/mol. The third-order valence-electron chi connectivity index (χ3n) is 10.2. The number of hydrogen-bond donors (Lipinski definition) is 4. The van der Waals surface area contributed by atoms with E-state index in [2.05, 4.69) is 19.2 Å². The van der Waals surface area contributed by atoms with Crippen molar-refractivity contribution in [1.29, 1.82) is 0 Å². The van der Waals surface area contributed by atoms with E-state index in [0.717, 1.165) is 25.7 Å². The summed E-state index contributed by atoms with van der Waals surface area (Å²) in [4.78, 5) is 12.4. The van der Waals surface area contributed by atoms with Gasteiger partial charge in [-0.25, -0.2) is 0 Å². The molecule has 0 bridgehead atoms. The molecule has 0 aromatic rings. The number of carbonyl (C=O) groups excluding carboxylic acids is 1. The highest BCUT2D eigenvalue weighted by Crippen LogP contribution is 2.17. The highest BCUT2D eigenvalue weighted by atomic mass is 16.3. The molecule has 5 heteroatoms. The molecule has 0 radical (unpaired) electrons. The molecule has 0 rings (SSSR count). The molecule has 0 aliphatic heterocycles. The van der Waals surface area contributed by atoms with Gasteiger partial charge in [-0.15, -0.1) is 0 Å². The van der Waals surface area contributed by atoms with E-state index in [1.807, 2.05) is 0 Å². The summed E-state index contributed by atoms with van der Waals surface area (Å²) in [6.07, 6.45) is 42.1. The van der Waals surface area contributed by atoms with E-state index in [1.165, 1.54) is 180 Å². The van der Waals surface area contributed by atoms with Gasteiger partial charge in [0.1, 0.15) is 0 Å². The number of unbranched alkanes of at least 4 members (excludes halogenated alkanes) is 30. The second-order valence-electron chi connectivity index (χ2n) is 15.0. The number of carbonyl (C=O) groups is 1. The molecule has 282 valence electrons. The van der Waals surface area contributed by atoms with Crippen LogP contribution in [0.5, 0.6) is 0 Å². The van der Waals surface area contributed by atoms with Crippen molar-refractivity contribution in [3.8, 4) is 0 Å². The fraction of sp³-hybridized carbons (Fsp3) is 0.976. The zero-order chi connectivity index (χ0) is 34.5. The lowest BCUT2D eigenvalue weighted by atomic mass is 10.0. The van der Waals surface area contributed by atoms with Crippen LogP contribution in [-0.2, 0) is 4.79 Å². The summed E-state index contributed by atoms with van der Waals surface area (Å²) in [7, 11) is 0. The van der Waals surface area contributed by atoms with E-state index in [1.54, 1.807) is 0 Å². The number of aliphatic hydroxyl groups is 3. The van der Waals surface area contributed by atoms with Gasteiger partial charge in [0.05, 0.1) is 31.3 Å². The fourth-order valence-electron chi connectivity index (χ4n) is 6.88. The van der Waals surface area contributed by atoms with Crippen molar-refractivity contribution < 1.29 is 20.1 Å². The van der Waals surface area contributed by atoms with Crippen LogP contribution < -0.4 is 5.32 Å². The first-order valence-corrected chi connectivity index (χ1v) is 21.3. The van der Waals surface area contributed by atoms with Crippen molar-refractivity contribution in [2.75, 3.05) is 6.61 Å². The molecule has 4 N–H and O–H groups in total. The number of aliphatic hydroxyl groups excluding tert-OH is 3. The average Bonchev–Trinajstić information content (AvgIpc) is 3.06. The topological polar surface area (TPSA) is 89.8 Å². The van der Waals surface area contributed by atoms with Gasteiger partial charge in [-0.3, -0.25) is 4.79 Å². The smallest absolute Gasteiger partial charge is 0.222 e. The van der Waals surface area contributed by atoms with Gasteiger partial charge >= 0.3 is 0 Å². The predicted octanol–water partition coefficient (Wildman–Crippen LogP) is 11.9. The zero-order valence-corrected chi connectivity index (χ0v) is 31.9. The van der Waals surface area contributed by atoms with Crippen molar-refractivity contribution in [2.24, 2.45) is 0 Å². The minimum atomic E-state index is -0.743. The maximum atomic E-state index is 12.4. The third-order valence-corrected chi connectivity index (χ3v) is 10.2. The Hall–Kier alpha value is -0.650. The molecule has 0 aliphatic rings. The Morgan fingerprint density at radius 3 is 1.02 bits per heavy atom. The summed E-state index contributed by atoms with van der Waals surface area (Å²) in [6, 6.07) is -0.651. The van der Waals surface area contributed by atoms with Crippen LogP contribution in [0, 0.1) is 0 Å². The molecule has 0 heterocycles. The van der Waals surface area contributed by atoms with Crippen molar-refractivity contribution in [1.82, 2.24) is 5.32 Å². The normalized spacial score (nSPS) is 13.6. The standard InChI is InChI=1S/C42H85NO4/c1-3-5-7-9-11-13-15-17-18-19-20-21-22-24-26-28-30-32-34-36-41(46)40(38-44)43-42(47)37-39(45)35-33-31-29-27-25-23-16-14-12-10-8-6-4-2/h39-41,44-46H,3-38H2,1-2H3,(H,43,47). The first-order valence-electron chi connectivity index (χ1n) is 21.3. The Morgan fingerprint density at radius 2 is 0.723 bits per heavy atom. The van der Waals surface area contributed by atoms with E-state index in [-0.39, 0.29) is 18.9 Å². The van der Waals surface area contributed by atoms with Crippen molar-refractivity contribution >= 4 is 5.91 Å². The molecule has 0 spiro atoms. The van der Waals surface area contributed by atoms with Crippen molar-refractivity contribution in [3.05, 3.63) is 0 Å². The van der Waals surface area contributed by atoms with Gasteiger partial charge in [0.2, 0.25) is 5.91 Å². The lowest BCUT2D eigenvalue weighted by Gasteiger charge is -2.23. The average molecular weight is 668 g/mol. The van der Waals surface area contributed by atoms with Gasteiger partial charge in [-0.2, -0.15) is 0 Å². The fourth-order valence-corrected chi connectivity index (χ4v) is 6.88. The van der Waals surface area contributed by atoms with E-state index >= 15 is 0 Å². The molecule has 0 fully saturated rings. The van der Waals surface area contributed by atoms with E-state index < -0.39 is 18.2 Å². The molecule has 3 atom stereocenters. The van der Waals surface area contributed by atoms with E-state index in [0.29, 0.717) is 12.8 Å². The van der Waals surface area contributed by atoms with Gasteiger partial charge in [-0.1, -0.05) is 219 Å².